The van der Waals surface area contributed by atoms with E-state index in [-0.39, 0.29) is 0 Å². The quantitative estimate of drug-likeness (QED) is 0.272. The zero-order chi connectivity index (χ0) is 13.8. The number of hydrogen-bond donors (Lipinski definition) is 0. The molecule has 1 rings (SSSR count). The smallest absolute Gasteiger partial charge is 0.418 e. The first-order chi connectivity index (χ1) is 7.57. The van der Waals surface area contributed by atoms with Gasteiger partial charge in [-0.3, -0.25) is 0 Å². The molecule has 0 saturated carbocycles. The minimum atomic E-state index is -6.00. The second kappa shape index (κ2) is 6.71. The monoisotopic (exact) mass is 440 g/mol. The Bertz CT molecular complexity index is 452. The molecule has 0 amide bonds. The van der Waals surface area contributed by atoms with Crippen LogP contribution in [0.5, 0.6) is 0 Å². The average molecular weight is 443 g/mol. The molecule has 1 aromatic carbocycles. The SMILES string of the molecule is Cc1c(Br)cc(Br)c([N+]#N)c1Br.F[B-](F)(F)F. The van der Waals surface area contributed by atoms with E-state index in [2.05, 4.69) is 52.8 Å². The molecule has 0 unspecified atom stereocenters. The first-order valence-electron chi connectivity index (χ1n) is 3.94. The first kappa shape index (κ1) is 16.9. The highest BCUT2D eigenvalue weighted by Gasteiger charge is 2.21. The van der Waals surface area contributed by atoms with Crippen molar-refractivity contribution in [3.8, 4) is 0 Å². The Labute approximate surface area is 120 Å². The molecule has 0 aliphatic heterocycles. The van der Waals surface area contributed by atoms with Crippen molar-refractivity contribution in [3.05, 3.63) is 30.0 Å². The van der Waals surface area contributed by atoms with Gasteiger partial charge in [0.05, 0.1) is 0 Å². The van der Waals surface area contributed by atoms with Crippen LogP contribution in [0.3, 0.4) is 0 Å². The molecule has 0 radical (unpaired) electrons. The predicted molar refractivity (Wildman–Crippen MR) is 69.2 cm³/mol. The Morgan fingerprint density at radius 1 is 1.12 bits per heavy atom. The zero-order valence-corrected chi connectivity index (χ0v) is 13.0. The van der Waals surface area contributed by atoms with Crippen LogP contribution < -0.4 is 0 Å². The summed E-state index contributed by atoms with van der Waals surface area (Å²) in [6.45, 7) is 1.93. The molecule has 0 heterocycles. The number of diazo groups is 1. The molecule has 0 atom stereocenters. The second-order valence-corrected chi connectivity index (χ2v) is 5.22. The van der Waals surface area contributed by atoms with E-state index in [1.165, 1.54) is 0 Å². The van der Waals surface area contributed by atoms with Crippen molar-refractivity contribution in [1.29, 1.82) is 5.39 Å². The van der Waals surface area contributed by atoms with E-state index in [4.69, 9.17) is 5.39 Å². The van der Waals surface area contributed by atoms with Gasteiger partial charge in [0, 0.05) is 4.47 Å². The van der Waals surface area contributed by atoms with E-state index in [0.717, 1.165) is 19.0 Å². The number of benzene rings is 1. The van der Waals surface area contributed by atoms with Gasteiger partial charge >= 0.3 is 12.9 Å². The van der Waals surface area contributed by atoms with Crippen molar-refractivity contribution in [2.24, 2.45) is 0 Å². The van der Waals surface area contributed by atoms with Crippen molar-refractivity contribution in [3.63, 3.8) is 0 Å². The largest absolute Gasteiger partial charge is 0.673 e. The van der Waals surface area contributed by atoms with Crippen molar-refractivity contribution >= 4 is 60.7 Å². The second-order valence-electron chi connectivity index (χ2n) is 2.72. The van der Waals surface area contributed by atoms with Crippen LogP contribution in [0.15, 0.2) is 19.5 Å². The van der Waals surface area contributed by atoms with Crippen molar-refractivity contribution < 1.29 is 17.3 Å². The Morgan fingerprint density at radius 3 is 1.88 bits per heavy atom. The summed E-state index contributed by atoms with van der Waals surface area (Å²) in [5.74, 6) is 0. The molecular weight excluding hydrogens is 439 g/mol. The van der Waals surface area contributed by atoms with Crippen LogP contribution in [0.25, 0.3) is 4.98 Å². The Hall–Kier alpha value is -0.135. The fourth-order valence-electron chi connectivity index (χ4n) is 0.767. The van der Waals surface area contributed by atoms with Crippen LogP contribution in [0.4, 0.5) is 23.0 Å². The van der Waals surface area contributed by atoms with Gasteiger partial charge in [0.1, 0.15) is 8.95 Å². The van der Waals surface area contributed by atoms with Crippen LogP contribution in [0, 0.1) is 12.3 Å². The minimum absolute atomic E-state index is 0.510. The Morgan fingerprint density at radius 2 is 1.53 bits per heavy atom. The molecule has 0 fully saturated rings. The summed E-state index contributed by atoms with van der Waals surface area (Å²) in [7, 11) is -6.00. The number of halogens is 7. The molecule has 17 heavy (non-hydrogen) atoms. The highest BCUT2D eigenvalue weighted by atomic mass is 79.9. The molecule has 0 saturated heterocycles. The van der Waals surface area contributed by atoms with Gasteiger partial charge in [-0.2, -0.15) is 0 Å². The lowest BCUT2D eigenvalue weighted by Crippen LogP contribution is -2.02. The highest BCUT2D eigenvalue weighted by Crippen LogP contribution is 2.39. The predicted octanol–water partition coefficient (Wildman–Crippen LogP) is 6.07. The van der Waals surface area contributed by atoms with Crippen LogP contribution in [0.1, 0.15) is 5.56 Å². The summed E-state index contributed by atoms with van der Waals surface area (Å²) in [5.41, 5.74) is 1.52. The third kappa shape index (κ3) is 6.38. The molecule has 0 bridgehead atoms. The Kier molecular flexibility index (Phi) is 6.65. The molecule has 10 heteroatoms. The first-order valence-corrected chi connectivity index (χ1v) is 6.32. The summed E-state index contributed by atoms with van der Waals surface area (Å²) < 4.78 is 41.5. The van der Waals surface area contributed by atoms with Crippen molar-refractivity contribution in [1.82, 2.24) is 0 Å². The van der Waals surface area contributed by atoms with E-state index in [1.807, 2.05) is 13.0 Å². The average Bonchev–Trinajstić information content (AvgIpc) is 2.12. The van der Waals surface area contributed by atoms with Crippen LogP contribution >= 0.6 is 47.8 Å². The topological polar surface area (TPSA) is 28.1 Å². The van der Waals surface area contributed by atoms with Gasteiger partial charge in [-0.05, 0) is 50.4 Å². The van der Waals surface area contributed by atoms with E-state index < -0.39 is 7.25 Å². The minimum Gasteiger partial charge on any atom is -0.418 e. The lowest BCUT2D eigenvalue weighted by molar-refractivity contribution is 0.368. The maximum absolute atomic E-state index is 9.75. The lowest BCUT2D eigenvalue weighted by atomic mass is 10.2. The number of hydrogen-bond acceptors (Lipinski definition) is 1. The van der Waals surface area contributed by atoms with E-state index in [1.54, 1.807) is 0 Å². The summed E-state index contributed by atoms with van der Waals surface area (Å²) >= 11 is 9.98. The number of nitrogens with zero attached hydrogens (tertiary/aromatic N) is 2. The lowest BCUT2D eigenvalue weighted by Gasteiger charge is -1.98. The zero-order valence-electron chi connectivity index (χ0n) is 8.19. The fraction of sp³-hybridized carbons (Fsp3) is 0.143. The third-order valence-corrected chi connectivity index (χ3v) is 3.87. The molecule has 0 aliphatic rings. The van der Waals surface area contributed by atoms with Gasteiger partial charge in [-0.15, -0.1) is 0 Å². The van der Waals surface area contributed by atoms with Gasteiger partial charge in [-0.1, -0.05) is 15.9 Å². The molecule has 1 aromatic rings. The molecule has 0 spiro atoms. The standard InChI is InChI=1S/C7H4Br3N2.BF4/c1-3-4(8)2-5(9)7(12-11)6(3)10;2-1(3,4)5/h2H,1H3;/q+1;-1. The number of rotatable bonds is 0. The van der Waals surface area contributed by atoms with Gasteiger partial charge in [0.25, 0.3) is 0 Å². The van der Waals surface area contributed by atoms with E-state index >= 15 is 0 Å². The highest BCUT2D eigenvalue weighted by molar-refractivity contribution is 9.11. The van der Waals surface area contributed by atoms with E-state index in [0.29, 0.717) is 5.69 Å². The van der Waals surface area contributed by atoms with Gasteiger partial charge < -0.3 is 17.3 Å². The van der Waals surface area contributed by atoms with E-state index in [9.17, 15) is 17.3 Å². The van der Waals surface area contributed by atoms with Gasteiger partial charge in [-0.25, -0.2) is 0 Å². The fourth-order valence-corrected chi connectivity index (χ4v) is 3.05. The summed E-state index contributed by atoms with van der Waals surface area (Å²) in [4.78, 5) is 3.16. The maximum Gasteiger partial charge on any atom is 0.673 e. The molecule has 0 N–H and O–H groups in total. The van der Waals surface area contributed by atoms with Gasteiger partial charge in [0.15, 0.2) is 4.98 Å². The summed E-state index contributed by atoms with van der Waals surface area (Å²) in [5, 5.41) is 8.66. The Balaban J connectivity index is 0.000000437. The molecule has 94 valence electrons. The van der Waals surface area contributed by atoms with Gasteiger partial charge in [0.2, 0.25) is 5.39 Å². The summed E-state index contributed by atoms with van der Waals surface area (Å²) in [6, 6.07) is 1.84. The molecule has 2 nitrogen and oxygen atoms in total. The van der Waals surface area contributed by atoms with Crippen LogP contribution in [-0.4, -0.2) is 7.25 Å². The molecule has 0 aliphatic carbocycles. The summed E-state index contributed by atoms with van der Waals surface area (Å²) in [6.07, 6.45) is 0. The molecule has 0 aromatic heterocycles. The van der Waals surface area contributed by atoms with Crippen molar-refractivity contribution in [2.75, 3.05) is 0 Å². The maximum atomic E-state index is 9.75. The molecular formula is C7H4BBr3F4N2. The van der Waals surface area contributed by atoms with Crippen molar-refractivity contribution in [2.45, 2.75) is 6.92 Å². The van der Waals surface area contributed by atoms with Crippen LogP contribution in [0.2, 0.25) is 0 Å². The van der Waals surface area contributed by atoms with Crippen LogP contribution in [-0.2, 0) is 0 Å². The normalized spacial score (nSPS) is 10.3. The third-order valence-electron chi connectivity index (χ3n) is 1.48.